The molecule has 2 rings (SSSR count). The molecule has 0 aliphatic rings. The standard InChI is InChI=1S/C26H38N4O5S/c1-18-15-20(11-12-21(18)23(32)30-24-29-16-19(2)36-24)34-17-22(31)27-13-9-7-6-8-10-14-28-25(33)35-26(3,4)5/h11-12,15-16H,6-10,13-14,17H2,1-5H3,(H,27,31)(H,28,33)(H,29,30,32). The lowest BCUT2D eigenvalue weighted by Gasteiger charge is -2.19. The van der Waals surface area contributed by atoms with Crippen molar-refractivity contribution in [3.05, 3.63) is 40.4 Å². The van der Waals surface area contributed by atoms with E-state index >= 15 is 0 Å². The Morgan fingerprint density at radius 1 is 0.972 bits per heavy atom. The van der Waals surface area contributed by atoms with Gasteiger partial charge < -0.3 is 20.1 Å². The first kappa shape index (κ1) is 29.1. The van der Waals surface area contributed by atoms with E-state index in [1.807, 2.05) is 34.6 Å². The van der Waals surface area contributed by atoms with Gasteiger partial charge in [0, 0.05) is 29.7 Å². The lowest BCUT2D eigenvalue weighted by atomic mass is 10.1. The molecule has 10 heteroatoms. The van der Waals surface area contributed by atoms with Gasteiger partial charge in [-0.3, -0.25) is 14.9 Å². The summed E-state index contributed by atoms with van der Waals surface area (Å²) in [4.78, 5) is 41.3. The lowest BCUT2D eigenvalue weighted by Crippen LogP contribution is -2.33. The Labute approximate surface area is 217 Å². The molecule has 3 amide bonds. The van der Waals surface area contributed by atoms with Gasteiger partial charge in [0.1, 0.15) is 11.4 Å². The Morgan fingerprint density at radius 3 is 2.25 bits per heavy atom. The van der Waals surface area contributed by atoms with Gasteiger partial charge in [-0.15, -0.1) is 11.3 Å². The van der Waals surface area contributed by atoms with Crippen LogP contribution in [0.4, 0.5) is 9.93 Å². The number of hydrogen-bond acceptors (Lipinski definition) is 7. The van der Waals surface area contributed by atoms with Gasteiger partial charge in [-0.2, -0.15) is 0 Å². The number of ether oxygens (including phenoxy) is 2. The summed E-state index contributed by atoms with van der Waals surface area (Å²) in [5.41, 5.74) is 0.795. The number of unbranched alkanes of at least 4 members (excludes halogenated alkanes) is 4. The van der Waals surface area contributed by atoms with Crippen molar-refractivity contribution in [3.8, 4) is 5.75 Å². The highest BCUT2D eigenvalue weighted by atomic mass is 32.1. The zero-order valence-electron chi connectivity index (χ0n) is 21.9. The van der Waals surface area contributed by atoms with Crippen molar-refractivity contribution in [2.24, 2.45) is 0 Å². The molecule has 198 valence electrons. The van der Waals surface area contributed by atoms with Crippen LogP contribution in [-0.4, -0.2) is 48.2 Å². The van der Waals surface area contributed by atoms with E-state index in [9.17, 15) is 14.4 Å². The first-order chi connectivity index (χ1) is 17.0. The lowest BCUT2D eigenvalue weighted by molar-refractivity contribution is -0.123. The van der Waals surface area contributed by atoms with Gasteiger partial charge in [0.15, 0.2) is 11.7 Å². The summed E-state index contributed by atoms with van der Waals surface area (Å²) >= 11 is 1.42. The summed E-state index contributed by atoms with van der Waals surface area (Å²) in [6.07, 6.45) is 6.14. The summed E-state index contributed by atoms with van der Waals surface area (Å²) in [5, 5.41) is 8.96. The van der Waals surface area contributed by atoms with Crippen LogP contribution in [0, 0.1) is 13.8 Å². The van der Waals surface area contributed by atoms with E-state index in [1.165, 1.54) is 11.3 Å². The maximum atomic E-state index is 12.5. The van der Waals surface area contributed by atoms with Crippen LogP contribution in [0.5, 0.6) is 5.75 Å². The molecule has 1 aromatic carbocycles. The fourth-order valence-electron chi connectivity index (χ4n) is 3.27. The quantitative estimate of drug-likeness (QED) is 0.322. The molecule has 0 fully saturated rings. The number of thiazole rings is 1. The van der Waals surface area contributed by atoms with Crippen LogP contribution in [0.1, 0.15) is 73.7 Å². The predicted molar refractivity (Wildman–Crippen MR) is 142 cm³/mol. The number of aryl methyl sites for hydroxylation is 2. The van der Waals surface area contributed by atoms with Crippen molar-refractivity contribution in [3.63, 3.8) is 0 Å². The molecule has 1 aromatic heterocycles. The smallest absolute Gasteiger partial charge is 0.407 e. The molecule has 1 heterocycles. The molecule has 0 spiro atoms. The van der Waals surface area contributed by atoms with Gasteiger partial charge in [0.05, 0.1) is 0 Å². The Balaban J connectivity index is 1.55. The molecular formula is C26H38N4O5S. The zero-order chi connectivity index (χ0) is 26.6. The number of alkyl carbamates (subject to hydrolysis) is 1. The highest BCUT2D eigenvalue weighted by Crippen LogP contribution is 2.21. The average molecular weight is 519 g/mol. The van der Waals surface area contributed by atoms with Crippen LogP contribution in [-0.2, 0) is 9.53 Å². The van der Waals surface area contributed by atoms with Crippen LogP contribution in [0.2, 0.25) is 0 Å². The predicted octanol–water partition coefficient (Wildman–Crippen LogP) is 4.98. The molecule has 0 bridgehead atoms. The van der Waals surface area contributed by atoms with Crippen molar-refractivity contribution in [1.29, 1.82) is 0 Å². The van der Waals surface area contributed by atoms with E-state index in [-0.39, 0.29) is 24.5 Å². The summed E-state index contributed by atoms with van der Waals surface area (Å²) < 4.78 is 10.8. The third-order valence-corrected chi connectivity index (χ3v) is 5.83. The molecule has 2 aromatic rings. The zero-order valence-corrected chi connectivity index (χ0v) is 22.7. The maximum Gasteiger partial charge on any atom is 0.407 e. The van der Waals surface area contributed by atoms with Crippen molar-refractivity contribution in [2.75, 3.05) is 25.0 Å². The molecule has 0 aliphatic carbocycles. The highest BCUT2D eigenvalue weighted by molar-refractivity contribution is 7.15. The molecule has 0 atom stereocenters. The molecule has 0 unspecified atom stereocenters. The Hall–Kier alpha value is -3.14. The summed E-state index contributed by atoms with van der Waals surface area (Å²) in [7, 11) is 0. The average Bonchev–Trinajstić information content (AvgIpc) is 3.19. The van der Waals surface area contributed by atoms with Crippen molar-refractivity contribution < 1.29 is 23.9 Å². The SMILES string of the molecule is Cc1cnc(NC(=O)c2ccc(OCC(=O)NCCCCCCCNC(=O)OC(C)(C)C)cc2C)s1. The number of amides is 3. The van der Waals surface area contributed by atoms with Gasteiger partial charge >= 0.3 is 6.09 Å². The molecule has 0 aliphatic heterocycles. The molecule has 0 radical (unpaired) electrons. The van der Waals surface area contributed by atoms with Gasteiger partial charge in [0.2, 0.25) is 0 Å². The van der Waals surface area contributed by atoms with E-state index < -0.39 is 5.60 Å². The largest absolute Gasteiger partial charge is 0.484 e. The first-order valence-corrected chi connectivity index (χ1v) is 13.1. The van der Waals surface area contributed by atoms with E-state index in [0.29, 0.717) is 29.5 Å². The maximum absolute atomic E-state index is 12.5. The third kappa shape index (κ3) is 11.5. The van der Waals surface area contributed by atoms with Gasteiger partial charge in [-0.05, 0) is 71.2 Å². The fourth-order valence-corrected chi connectivity index (χ4v) is 3.93. The number of carbonyl (C=O) groups is 3. The number of hydrogen-bond donors (Lipinski definition) is 3. The van der Waals surface area contributed by atoms with Gasteiger partial charge in [-0.25, -0.2) is 9.78 Å². The third-order valence-electron chi connectivity index (χ3n) is 5.00. The Morgan fingerprint density at radius 2 is 1.64 bits per heavy atom. The number of aromatic nitrogens is 1. The molecule has 36 heavy (non-hydrogen) atoms. The molecule has 0 saturated carbocycles. The monoisotopic (exact) mass is 518 g/mol. The van der Waals surface area contributed by atoms with E-state index in [1.54, 1.807) is 24.4 Å². The second-order valence-corrected chi connectivity index (χ2v) is 10.8. The fraction of sp³-hybridized carbons (Fsp3) is 0.538. The van der Waals surface area contributed by atoms with Gasteiger partial charge in [-0.1, -0.05) is 19.3 Å². The number of carbonyl (C=O) groups excluding carboxylic acids is 3. The second-order valence-electron chi connectivity index (χ2n) is 9.54. The van der Waals surface area contributed by atoms with Crippen molar-refractivity contribution in [1.82, 2.24) is 15.6 Å². The number of rotatable bonds is 13. The minimum Gasteiger partial charge on any atom is -0.484 e. The highest BCUT2D eigenvalue weighted by Gasteiger charge is 2.15. The molecular weight excluding hydrogens is 480 g/mol. The Kier molecular flexibility index (Phi) is 11.7. The number of nitrogens with zero attached hydrogens (tertiary/aromatic N) is 1. The normalized spacial score (nSPS) is 11.0. The Bertz CT molecular complexity index is 1020. The van der Waals surface area contributed by atoms with Crippen LogP contribution in [0.3, 0.4) is 0 Å². The summed E-state index contributed by atoms with van der Waals surface area (Å²) in [6, 6.07) is 5.11. The molecule has 9 nitrogen and oxygen atoms in total. The number of anilines is 1. The number of nitrogens with one attached hydrogen (secondary N) is 3. The molecule has 0 saturated heterocycles. The van der Waals surface area contributed by atoms with Crippen LogP contribution in [0.25, 0.3) is 0 Å². The van der Waals surface area contributed by atoms with E-state index in [4.69, 9.17) is 9.47 Å². The van der Waals surface area contributed by atoms with E-state index in [0.717, 1.165) is 42.5 Å². The van der Waals surface area contributed by atoms with E-state index in [2.05, 4.69) is 20.9 Å². The van der Waals surface area contributed by atoms with Crippen molar-refractivity contribution >= 4 is 34.4 Å². The number of benzene rings is 1. The molecule has 3 N–H and O–H groups in total. The minimum absolute atomic E-state index is 0.0836. The summed E-state index contributed by atoms with van der Waals surface area (Å²) in [5.74, 6) is 0.116. The second kappa shape index (κ2) is 14.4. The van der Waals surface area contributed by atoms with Crippen molar-refractivity contribution in [2.45, 2.75) is 72.3 Å². The topological polar surface area (TPSA) is 119 Å². The first-order valence-electron chi connectivity index (χ1n) is 12.2. The summed E-state index contributed by atoms with van der Waals surface area (Å²) in [6.45, 7) is 10.4. The van der Waals surface area contributed by atoms with Crippen LogP contribution >= 0.6 is 11.3 Å². The minimum atomic E-state index is -0.483. The van der Waals surface area contributed by atoms with Crippen LogP contribution < -0.4 is 20.7 Å². The van der Waals surface area contributed by atoms with Crippen LogP contribution in [0.15, 0.2) is 24.4 Å². The van der Waals surface area contributed by atoms with Gasteiger partial charge in [0.25, 0.3) is 11.8 Å².